The quantitative estimate of drug-likeness (QED) is 0.790. The van der Waals surface area contributed by atoms with Gasteiger partial charge in [0.1, 0.15) is 0 Å². The summed E-state index contributed by atoms with van der Waals surface area (Å²) in [7, 11) is 0. The second-order valence-electron chi connectivity index (χ2n) is 4.96. The van der Waals surface area contributed by atoms with Crippen LogP contribution in [0.4, 0.5) is 5.69 Å². The van der Waals surface area contributed by atoms with Crippen molar-refractivity contribution in [3.05, 3.63) is 65.7 Å². The maximum Gasteiger partial charge on any atom is 0.255 e. The zero-order valence-electron chi connectivity index (χ0n) is 12.2. The van der Waals surface area contributed by atoms with Crippen molar-refractivity contribution >= 4 is 17.5 Å². The maximum absolute atomic E-state index is 12.0. The molecule has 2 rings (SSSR count). The molecule has 0 saturated heterocycles. The lowest BCUT2D eigenvalue weighted by Gasteiger charge is -2.08. The average Bonchev–Trinajstić information content (AvgIpc) is 2.54. The van der Waals surface area contributed by atoms with Gasteiger partial charge in [0.05, 0.1) is 6.10 Å². The number of anilines is 1. The minimum atomic E-state index is -0.589. The summed E-state index contributed by atoms with van der Waals surface area (Å²) in [6.45, 7) is 1.80. The molecule has 0 spiro atoms. The fraction of sp³-hybridized carbons (Fsp3) is 0.176. The minimum absolute atomic E-state index is 0.200. The Balaban J connectivity index is 1.97. The Bertz CT molecular complexity index is 637. The van der Waals surface area contributed by atoms with Crippen LogP contribution in [-0.4, -0.2) is 29.6 Å². The third-order valence-electron chi connectivity index (χ3n) is 3.00. The van der Waals surface area contributed by atoms with Gasteiger partial charge in [0.25, 0.3) is 11.8 Å². The van der Waals surface area contributed by atoms with Gasteiger partial charge in [-0.25, -0.2) is 0 Å². The standard InChI is InChI=1S/C17H18N2O3/c1-12(20)11-18-16(21)14-7-9-15(10-8-14)19-17(22)13-5-3-2-4-6-13/h2-10,12,20H,11H2,1H3,(H,18,21)(H,19,22). The van der Waals surface area contributed by atoms with Crippen LogP contribution >= 0.6 is 0 Å². The fourth-order valence-corrected chi connectivity index (χ4v) is 1.84. The number of nitrogens with one attached hydrogen (secondary N) is 2. The summed E-state index contributed by atoms with van der Waals surface area (Å²) in [4.78, 5) is 23.8. The van der Waals surface area contributed by atoms with Crippen molar-refractivity contribution in [2.75, 3.05) is 11.9 Å². The molecule has 5 nitrogen and oxygen atoms in total. The molecule has 2 aromatic carbocycles. The van der Waals surface area contributed by atoms with Crippen molar-refractivity contribution in [2.24, 2.45) is 0 Å². The Hall–Kier alpha value is -2.66. The summed E-state index contributed by atoms with van der Waals surface area (Å²) < 4.78 is 0. The van der Waals surface area contributed by atoms with E-state index in [1.165, 1.54) is 0 Å². The highest BCUT2D eigenvalue weighted by molar-refractivity contribution is 6.04. The van der Waals surface area contributed by atoms with Crippen LogP contribution in [0.15, 0.2) is 54.6 Å². The highest BCUT2D eigenvalue weighted by Crippen LogP contribution is 2.11. The molecule has 0 aliphatic heterocycles. The van der Waals surface area contributed by atoms with Crippen molar-refractivity contribution in [3.8, 4) is 0 Å². The van der Waals surface area contributed by atoms with Crippen molar-refractivity contribution in [3.63, 3.8) is 0 Å². The van der Waals surface area contributed by atoms with Crippen molar-refractivity contribution in [1.82, 2.24) is 5.32 Å². The molecule has 22 heavy (non-hydrogen) atoms. The van der Waals surface area contributed by atoms with Crippen LogP contribution in [0, 0.1) is 0 Å². The second-order valence-corrected chi connectivity index (χ2v) is 4.96. The Morgan fingerprint density at radius 3 is 2.14 bits per heavy atom. The molecule has 0 heterocycles. The molecule has 0 radical (unpaired) electrons. The smallest absolute Gasteiger partial charge is 0.255 e. The van der Waals surface area contributed by atoms with Gasteiger partial charge in [-0.2, -0.15) is 0 Å². The number of rotatable bonds is 5. The maximum atomic E-state index is 12.0. The van der Waals surface area contributed by atoms with Crippen LogP contribution < -0.4 is 10.6 Å². The highest BCUT2D eigenvalue weighted by Gasteiger charge is 2.08. The first-order valence-electron chi connectivity index (χ1n) is 6.99. The highest BCUT2D eigenvalue weighted by atomic mass is 16.3. The second kappa shape index (κ2) is 7.38. The lowest BCUT2D eigenvalue weighted by Crippen LogP contribution is -2.30. The van der Waals surface area contributed by atoms with E-state index in [1.807, 2.05) is 6.07 Å². The lowest BCUT2D eigenvalue weighted by atomic mass is 10.1. The van der Waals surface area contributed by atoms with Gasteiger partial charge in [0, 0.05) is 23.4 Å². The molecule has 0 saturated carbocycles. The molecule has 0 fully saturated rings. The zero-order valence-corrected chi connectivity index (χ0v) is 12.2. The number of amides is 2. The first kappa shape index (κ1) is 15.7. The van der Waals surface area contributed by atoms with E-state index in [0.29, 0.717) is 16.8 Å². The molecular formula is C17H18N2O3. The Morgan fingerprint density at radius 2 is 1.55 bits per heavy atom. The summed E-state index contributed by atoms with van der Waals surface area (Å²) in [5, 5.41) is 14.5. The Morgan fingerprint density at radius 1 is 0.955 bits per heavy atom. The molecule has 0 aliphatic rings. The van der Waals surface area contributed by atoms with Gasteiger partial charge in [0.15, 0.2) is 0 Å². The van der Waals surface area contributed by atoms with Crippen molar-refractivity contribution in [2.45, 2.75) is 13.0 Å². The van der Waals surface area contributed by atoms with E-state index in [-0.39, 0.29) is 18.4 Å². The summed E-state index contributed by atoms with van der Waals surface area (Å²) >= 11 is 0. The van der Waals surface area contributed by atoms with Crippen molar-refractivity contribution < 1.29 is 14.7 Å². The number of benzene rings is 2. The van der Waals surface area contributed by atoms with E-state index in [1.54, 1.807) is 55.5 Å². The number of carbonyl (C=O) groups is 2. The predicted octanol–water partition coefficient (Wildman–Crippen LogP) is 2.05. The Labute approximate surface area is 129 Å². The Kier molecular flexibility index (Phi) is 5.27. The predicted molar refractivity (Wildman–Crippen MR) is 84.9 cm³/mol. The van der Waals surface area contributed by atoms with E-state index in [9.17, 15) is 9.59 Å². The molecule has 2 aromatic rings. The molecule has 3 N–H and O–H groups in total. The van der Waals surface area contributed by atoms with E-state index in [2.05, 4.69) is 10.6 Å². The summed E-state index contributed by atoms with van der Waals surface area (Å²) in [6.07, 6.45) is -0.589. The molecule has 0 bridgehead atoms. The van der Waals surface area contributed by atoms with Crippen LogP contribution in [0.1, 0.15) is 27.6 Å². The van der Waals surface area contributed by atoms with Gasteiger partial charge in [-0.1, -0.05) is 18.2 Å². The number of carbonyl (C=O) groups excluding carboxylic acids is 2. The van der Waals surface area contributed by atoms with Gasteiger partial charge in [-0.05, 0) is 43.3 Å². The number of hydrogen-bond donors (Lipinski definition) is 3. The molecule has 1 unspecified atom stereocenters. The van der Waals surface area contributed by atoms with Gasteiger partial charge >= 0.3 is 0 Å². The summed E-state index contributed by atoms with van der Waals surface area (Å²) in [5.74, 6) is -0.464. The van der Waals surface area contributed by atoms with Crippen LogP contribution in [-0.2, 0) is 0 Å². The molecule has 0 aromatic heterocycles. The van der Waals surface area contributed by atoms with Crippen LogP contribution in [0.25, 0.3) is 0 Å². The topological polar surface area (TPSA) is 78.4 Å². The summed E-state index contributed by atoms with van der Waals surface area (Å²) in [6, 6.07) is 15.5. The van der Waals surface area contributed by atoms with Crippen LogP contribution in [0.3, 0.4) is 0 Å². The van der Waals surface area contributed by atoms with Crippen LogP contribution in [0.2, 0.25) is 0 Å². The third-order valence-corrected chi connectivity index (χ3v) is 3.00. The largest absolute Gasteiger partial charge is 0.392 e. The van der Waals surface area contributed by atoms with E-state index >= 15 is 0 Å². The molecule has 0 aliphatic carbocycles. The normalized spacial score (nSPS) is 11.5. The van der Waals surface area contributed by atoms with E-state index in [4.69, 9.17) is 5.11 Å². The lowest BCUT2D eigenvalue weighted by molar-refractivity contribution is 0.0923. The van der Waals surface area contributed by atoms with E-state index < -0.39 is 6.10 Å². The molecule has 1 atom stereocenters. The SMILES string of the molecule is CC(O)CNC(=O)c1ccc(NC(=O)c2ccccc2)cc1. The average molecular weight is 298 g/mol. The molecule has 5 heteroatoms. The molecular weight excluding hydrogens is 280 g/mol. The number of aliphatic hydroxyl groups excluding tert-OH is 1. The zero-order chi connectivity index (χ0) is 15.9. The number of hydrogen-bond acceptors (Lipinski definition) is 3. The molecule has 2 amide bonds. The first-order valence-corrected chi connectivity index (χ1v) is 6.99. The minimum Gasteiger partial charge on any atom is -0.392 e. The van der Waals surface area contributed by atoms with Crippen molar-refractivity contribution in [1.29, 1.82) is 0 Å². The fourth-order valence-electron chi connectivity index (χ4n) is 1.84. The first-order chi connectivity index (χ1) is 10.6. The van der Waals surface area contributed by atoms with Gasteiger partial charge in [0.2, 0.25) is 0 Å². The van der Waals surface area contributed by atoms with Gasteiger partial charge in [-0.15, -0.1) is 0 Å². The van der Waals surface area contributed by atoms with E-state index in [0.717, 1.165) is 0 Å². The number of aliphatic hydroxyl groups is 1. The van der Waals surface area contributed by atoms with Gasteiger partial charge < -0.3 is 15.7 Å². The molecule has 114 valence electrons. The summed E-state index contributed by atoms with van der Waals surface area (Å²) in [5.41, 5.74) is 1.65. The monoisotopic (exact) mass is 298 g/mol. The van der Waals surface area contributed by atoms with Crippen LogP contribution in [0.5, 0.6) is 0 Å². The van der Waals surface area contributed by atoms with Gasteiger partial charge in [-0.3, -0.25) is 9.59 Å². The third kappa shape index (κ3) is 4.43.